The second-order valence-electron chi connectivity index (χ2n) is 5.93. The Morgan fingerprint density at radius 2 is 2.11 bits per heavy atom. The minimum atomic E-state index is -0.251. The largest absolute Gasteiger partial charge is 0.338 e. The standard InChI is InChI=1S/C16H20ClNO/c1-3-11(2)16(17)13-10-18(15(19)14(13)16)9-12-7-5-4-6-8-12/h4-8,11,13-14H,3,9-10H2,1-2H3. The molecule has 1 heterocycles. The Morgan fingerprint density at radius 1 is 1.42 bits per heavy atom. The molecular weight excluding hydrogens is 258 g/mol. The summed E-state index contributed by atoms with van der Waals surface area (Å²) in [4.78, 5) is 14.1. The Bertz CT molecular complexity index is 489. The smallest absolute Gasteiger partial charge is 0.228 e. The fourth-order valence-electron chi connectivity index (χ4n) is 3.51. The van der Waals surface area contributed by atoms with E-state index in [0.717, 1.165) is 19.5 Å². The van der Waals surface area contributed by atoms with Crippen molar-refractivity contribution < 1.29 is 4.79 Å². The normalized spacial score (nSPS) is 34.3. The lowest BCUT2D eigenvalue weighted by Gasteiger charge is -2.26. The molecule has 0 spiro atoms. The average Bonchev–Trinajstić information content (AvgIpc) is 2.88. The Balaban J connectivity index is 1.68. The molecular formula is C16H20ClNO. The van der Waals surface area contributed by atoms with Gasteiger partial charge in [-0.3, -0.25) is 4.79 Å². The molecule has 2 fully saturated rings. The van der Waals surface area contributed by atoms with Crippen molar-refractivity contribution in [1.29, 1.82) is 0 Å². The first-order valence-corrected chi connectivity index (χ1v) is 7.48. The zero-order chi connectivity index (χ0) is 13.6. The van der Waals surface area contributed by atoms with Gasteiger partial charge in [0, 0.05) is 19.0 Å². The first-order chi connectivity index (χ1) is 9.09. The predicted molar refractivity (Wildman–Crippen MR) is 76.9 cm³/mol. The predicted octanol–water partition coefficient (Wildman–Crippen LogP) is 3.30. The van der Waals surface area contributed by atoms with Gasteiger partial charge in [0.15, 0.2) is 0 Å². The highest BCUT2D eigenvalue weighted by molar-refractivity contribution is 6.29. The van der Waals surface area contributed by atoms with Crippen molar-refractivity contribution >= 4 is 17.5 Å². The first kappa shape index (κ1) is 13.0. The molecule has 1 aromatic rings. The molecule has 102 valence electrons. The van der Waals surface area contributed by atoms with E-state index < -0.39 is 0 Å². The lowest BCUT2D eigenvalue weighted by molar-refractivity contribution is -0.131. The fourth-order valence-corrected chi connectivity index (χ4v) is 4.04. The Hall–Kier alpha value is -1.02. The van der Waals surface area contributed by atoms with Gasteiger partial charge in [-0.2, -0.15) is 0 Å². The van der Waals surface area contributed by atoms with Crippen LogP contribution in [0, 0.1) is 17.8 Å². The molecule has 0 radical (unpaired) electrons. The quantitative estimate of drug-likeness (QED) is 0.774. The number of nitrogens with zero attached hydrogens (tertiary/aromatic N) is 1. The Kier molecular flexibility index (Phi) is 3.09. The summed E-state index contributed by atoms with van der Waals surface area (Å²) in [5.74, 6) is 1.10. The molecule has 3 rings (SSSR count). The van der Waals surface area contributed by atoms with Crippen molar-refractivity contribution in [1.82, 2.24) is 4.90 Å². The van der Waals surface area contributed by atoms with E-state index in [9.17, 15) is 4.79 Å². The molecule has 1 amide bonds. The minimum absolute atomic E-state index is 0.0628. The summed E-state index contributed by atoms with van der Waals surface area (Å²) in [6.07, 6.45) is 1.04. The highest BCUT2D eigenvalue weighted by atomic mass is 35.5. The van der Waals surface area contributed by atoms with E-state index in [2.05, 4.69) is 26.0 Å². The summed E-state index contributed by atoms with van der Waals surface area (Å²) in [5.41, 5.74) is 1.20. The molecule has 1 aliphatic carbocycles. The van der Waals surface area contributed by atoms with E-state index in [-0.39, 0.29) is 16.7 Å². The van der Waals surface area contributed by atoms with E-state index in [4.69, 9.17) is 11.6 Å². The number of halogens is 1. The number of carbonyl (C=O) groups is 1. The number of likely N-dealkylation sites (tertiary alicyclic amines) is 1. The highest BCUT2D eigenvalue weighted by Gasteiger charge is 2.73. The molecule has 1 aliphatic heterocycles. The molecule has 2 nitrogen and oxygen atoms in total. The van der Waals surface area contributed by atoms with Gasteiger partial charge in [-0.25, -0.2) is 0 Å². The van der Waals surface area contributed by atoms with Crippen molar-refractivity contribution in [2.24, 2.45) is 17.8 Å². The van der Waals surface area contributed by atoms with Crippen LogP contribution in [0.1, 0.15) is 25.8 Å². The number of hydrogen-bond acceptors (Lipinski definition) is 1. The van der Waals surface area contributed by atoms with Crippen LogP contribution in [0.15, 0.2) is 30.3 Å². The van der Waals surface area contributed by atoms with E-state index in [0.29, 0.717) is 11.8 Å². The van der Waals surface area contributed by atoms with Crippen LogP contribution in [-0.4, -0.2) is 22.2 Å². The van der Waals surface area contributed by atoms with Crippen molar-refractivity contribution in [3.05, 3.63) is 35.9 Å². The maximum atomic E-state index is 12.4. The summed E-state index contributed by atoms with van der Waals surface area (Å²) in [5, 5.41) is 0. The van der Waals surface area contributed by atoms with Gasteiger partial charge in [0.05, 0.1) is 10.8 Å². The second kappa shape index (κ2) is 4.52. The van der Waals surface area contributed by atoms with Gasteiger partial charge in [-0.1, -0.05) is 50.6 Å². The fraction of sp³-hybridized carbons (Fsp3) is 0.562. The second-order valence-corrected chi connectivity index (χ2v) is 6.58. The number of benzene rings is 1. The number of rotatable bonds is 4. The maximum Gasteiger partial charge on any atom is 0.228 e. The van der Waals surface area contributed by atoms with Crippen molar-refractivity contribution in [2.45, 2.75) is 31.7 Å². The molecule has 1 saturated carbocycles. The van der Waals surface area contributed by atoms with Crippen LogP contribution in [0.25, 0.3) is 0 Å². The van der Waals surface area contributed by atoms with Crippen molar-refractivity contribution in [3.8, 4) is 0 Å². The lowest BCUT2D eigenvalue weighted by Crippen LogP contribution is -2.35. The summed E-state index contributed by atoms with van der Waals surface area (Å²) >= 11 is 6.68. The molecule has 0 N–H and O–H groups in total. The minimum Gasteiger partial charge on any atom is -0.338 e. The molecule has 4 atom stereocenters. The summed E-state index contributed by atoms with van der Waals surface area (Å²) in [7, 11) is 0. The van der Waals surface area contributed by atoms with E-state index in [1.165, 1.54) is 5.56 Å². The monoisotopic (exact) mass is 277 g/mol. The zero-order valence-electron chi connectivity index (χ0n) is 11.5. The van der Waals surface area contributed by atoms with Crippen LogP contribution in [0.4, 0.5) is 0 Å². The van der Waals surface area contributed by atoms with Crippen LogP contribution in [0.3, 0.4) is 0 Å². The highest BCUT2D eigenvalue weighted by Crippen LogP contribution is 2.64. The van der Waals surface area contributed by atoms with Crippen LogP contribution in [-0.2, 0) is 11.3 Å². The number of alkyl halides is 1. The van der Waals surface area contributed by atoms with Crippen LogP contribution >= 0.6 is 11.6 Å². The summed E-state index contributed by atoms with van der Waals surface area (Å²) in [6.45, 7) is 5.86. The van der Waals surface area contributed by atoms with Gasteiger partial charge in [-0.05, 0) is 11.5 Å². The molecule has 19 heavy (non-hydrogen) atoms. The zero-order valence-corrected chi connectivity index (χ0v) is 12.2. The Labute approximate surface area is 119 Å². The molecule has 2 aliphatic rings. The van der Waals surface area contributed by atoms with Gasteiger partial charge < -0.3 is 4.90 Å². The number of hydrogen-bond donors (Lipinski definition) is 0. The van der Waals surface area contributed by atoms with Gasteiger partial charge in [0.1, 0.15) is 0 Å². The molecule has 3 heteroatoms. The first-order valence-electron chi connectivity index (χ1n) is 7.10. The molecule has 0 aromatic heterocycles. The maximum absolute atomic E-state index is 12.4. The van der Waals surface area contributed by atoms with Crippen molar-refractivity contribution in [3.63, 3.8) is 0 Å². The van der Waals surface area contributed by atoms with Crippen LogP contribution in [0.2, 0.25) is 0 Å². The van der Waals surface area contributed by atoms with Gasteiger partial charge in [-0.15, -0.1) is 11.6 Å². The number of fused-ring (bicyclic) bond motifs is 1. The van der Waals surface area contributed by atoms with Gasteiger partial charge >= 0.3 is 0 Å². The van der Waals surface area contributed by atoms with Crippen molar-refractivity contribution in [2.75, 3.05) is 6.54 Å². The van der Waals surface area contributed by atoms with E-state index in [1.54, 1.807) is 0 Å². The molecule has 1 aromatic carbocycles. The Morgan fingerprint density at radius 3 is 2.63 bits per heavy atom. The third-order valence-electron chi connectivity index (χ3n) is 4.92. The molecule has 1 saturated heterocycles. The molecule has 0 bridgehead atoms. The lowest BCUT2D eigenvalue weighted by atomic mass is 9.98. The van der Waals surface area contributed by atoms with Gasteiger partial charge in [0.25, 0.3) is 0 Å². The topological polar surface area (TPSA) is 20.3 Å². The van der Waals surface area contributed by atoms with Gasteiger partial charge in [0.2, 0.25) is 5.91 Å². The SMILES string of the molecule is CCC(C)C1(Cl)C2CN(Cc3ccccc3)C(=O)C21. The summed E-state index contributed by atoms with van der Waals surface area (Å²) in [6, 6.07) is 10.2. The van der Waals surface area contributed by atoms with Crippen LogP contribution < -0.4 is 0 Å². The third-order valence-corrected chi connectivity index (χ3v) is 5.80. The number of piperidine rings is 1. The average molecular weight is 278 g/mol. The van der Waals surface area contributed by atoms with E-state index >= 15 is 0 Å². The summed E-state index contributed by atoms with van der Waals surface area (Å²) < 4.78 is 0. The number of carbonyl (C=O) groups excluding carboxylic acids is 1. The number of amides is 1. The molecule has 4 unspecified atom stereocenters. The van der Waals surface area contributed by atoms with Crippen LogP contribution in [0.5, 0.6) is 0 Å². The van der Waals surface area contributed by atoms with E-state index in [1.807, 2.05) is 23.1 Å². The third kappa shape index (κ3) is 1.88.